The predicted molar refractivity (Wildman–Crippen MR) is 102 cm³/mol. The highest BCUT2D eigenvalue weighted by atomic mass is 35.5. The molecule has 1 aliphatic heterocycles. The third kappa shape index (κ3) is 4.83. The van der Waals surface area contributed by atoms with E-state index in [2.05, 4.69) is 25.1 Å². The van der Waals surface area contributed by atoms with Crippen LogP contribution in [0.4, 0.5) is 11.5 Å². The number of hydrogen-bond acceptors (Lipinski definition) is 6. The van der Waals surface area contributed by atoms with Crippen molar-refractivity contribution in [2.45, 2.75) is 6.92 Å². The van der Waals surface area contributed by atoms with E-state index in [9.17, 15) is 4.79 Å². The van der Waals surface area contributed by atoms with Gasteiger partial charge in [0.2, 0.25) is 5.91 Å². The number of carbonyl (C=O) groups excluding carboxylic acids is 1. The van der Waals surface area contributed by atoms with Crippen molar-refractivity contribution in [2.75, 3.05) is 49.5 Å². The maximum absolute atomic E-state index is 12.3. The molecule has 0 unspecified atom stereocenters. The van der Waals surface area contributed by atoms with Crippen molar-refractivity contribution in [1.82, 2.24) is 14.9 Å². The fraction of sp³-hybridized carbons (Fsp3) is 0.389. The Morgan fingerprint density at radius 3 is 2.62 bits per heavy atom. The summed E-state index contributed by atoms with van der Waals surface area (Å²) in [7, 11) is 0. The number of carbonyl (C=O) groups is 1. The van der Waals surface area contributed by atoms with E-state index in [1.54, 1.807) is 6.20 Å². The Balaban J connectivity index is 1.46. The smallest absolute Gasteiger partial charge is 0.238 e. The van der Waals surface area contributed by atoms with Gasteiger partial charge in [0.05, 0.1) is 19.3 Å². The Morgan fingerprint density at radius 2 is 1.96 bits per heavy atom. The first-order valence-corrected chi connectivity index (χ1v) is 8.99. The summed E-state index contributed by atoms with van der Waals surface area (Å²) < 4.78 is 5.40. The average molecular weight is 376 g/mol. The van der Waals surface area contributed by atoms with Gasteiger partial charge in [-0.2, -0.15) is 0 Å². The number of piperazine rings is 1. The number of nitrogens with one attached hydrogen (secondary N) is 1. The van der Waals surface area contributed by atoms with E-state index < -0.39 is 0 Å². The highest BCUT2D eigenvalue weighted by Crippen LogP contribution is 2.22. The molecular formula is C18H22ClN5O2. The van der Waals surface area contributed by atoms with E-state index in [1.807, 2.05) is 31.2 Å². The summed E-state index contributed by atoms with van der Waals surface area (Å²) in [5.74, 6) is 1.52. The maximum Gasteiger partial charge on any atom is 0.238 e. The van der Waals surface area contributed by atoms with Crippen LogP contribution in [0, 0.1) is 0 Å². The first-order valence-electron chi connectivity index (χ1n) is 8.61. The number of nitrogens with zero attached hydrogens (tertiary/aromatic N) is 4. The number of aromatic nitrogens is 2. The zero-order valence-corrected chi connectivity index (χ0v) is 15.4. The van der Waals surface area contributed by atoms with Crippen LogP contribution in [0.2, 0.25) is 5.02 Å². The van der Waals surface area contributed by atoms with Gasteiger partial charge in [0, 0.05) is 31.9 Å². The van der Waals surface area contributed by atoms with Crippen LogP contribution in [-0.2, 0) is 4.79 Å². The zero-order chi connectivity index (χ0) is 18.4. The molecule has 2 heterocycles. The lowest BCUT2D eigenvalue weighted by Crippen LogP contribution is -2.49. The minimum absolute atomic E-state index is 0.0253. The van der Waals surface area contributed by atoms with Crippen molar-refractivity contribution in [3.05, 3.63) is 41.8 Å². The minimum atomic E-state index is -0.0253. The normalized spacial score (nSPS) is 14.9. The summed E-state index contributed by atoms with van der Waals surface area (Å²) in [5.41, 5.74) is 0.768. The molecule has 1 saturated heterocycles. The van der Waals surface area contributed by atoms with Crippen LogP contribution in [-0.4, -0.2) is 60.1 Å². The van der Waals surface area contributed by atoms with Crippen LogP contribution in [0.1, 0.15) is 6.92 Å². The third-order valence-electron chi connectivity index (χ3n) is 4.14. The number of ether oxygens (including phenoxy) is 1. The zero-order valence-electron chi connectivity index (χ0n) is 14.7. The molecule has 0 atom stereocenters. The minimum Gasteiger partial charge on any atom is -0.494 e. The monoisotopic (exact) mass is 375 g/mol. The second kappa shape index (κ2) is 8.82. The predicted octanol–water partition coefficient (Wildman–Crippen LogP) is 2.29. The summed E-state index contributed by atoms with van der Waals surface area (Å²) >= 11 is 6.15. The van der Waals surface area contributed by atoms with Gasteiger partial charge >= 0.3 is 0 Å². The van der Waals surface area contributed by atoms with E-state index >= 15 is 0 Å². The van der Waals surface area contributed by atoms with Crippen molar-refractivity contribution < 1.29 is 9.53 Å². The number of rotatable bonds is 6. The van der Waals surface area contributed by atoms with Gasteiger partial charge in [-0.25, -0.2) is 9.97 Å². The quantitative estimate of drug-likeness (QED) is 0.835. The van der Waals surface area contributed by atoms with Gasteiger partial charge in [-0.05, 0) is 31.2 Å². The van der Waals surface area contributed by atoms with E-state index in [1.165, 1.54) is 6.33 Å². The average Bonchev–Trinajstić information content (AvgIpc) is 2.65. The fourth-order valence-electron chi connectivity index (χ4n) is 2.86. The number of anilines is 2. The topological polar surface area (TPSA) is 70.6 Å². The second-order valence-corrected chi connectivity index (χ2v) is 6.37. The molecule has 0 saturated carbocycles. The van der Waals surface area contributed by atoms with Crippen molar-refractivity contribution >= 4 is 29.0 Å². The van der Waals surface area contributed by atoms with Gasteiger partial charge in [0.25, 0.3) is 0 Å². The van der Waals surface area contributed by atoms with Crippen LogP contribution in [0.3, 0.4) is 0 Å². The largest absolute Gasteiger partial charge is 0.494 e. The van der Waals surface area contributed by atoms with Crippen molar-refractivity contribution in [2.24, 2.45) is 0 Å². The van der Waals surface area contributed by atoms with Crippen LogP contribution in [0.5, 0.6) is 5.75 Å². The summed E-state index contributed by atoms with van der Waals surface area (Å²) in [6.07, 6.45) is 3.10. The molecule has 1 fully saturated rings. The number of halogens is 1. The second-order valence-electron chi connectivity index (χ2n) is 5.96. The van der Waals surface area contributed by atoms with E-state index in [0.717, 1.165) is 43.4 Å². The molecule has 7 nitrogen and oxygen atoms in total. The van der Waals surface area contributed by atoms with Crippen LogP contribution < -0.4 is 15.0 Å². The van der Waals surface area contributed by atoms with Crippen molar-refractivity contribution in [1.29, 1.82) is 0 Å². The highest BCUT2D eigenvalue weighted by molar-refractivity contribution is 6.32. The molecule has 1 N–H and O–H groups in total. The number of benzene rings is 1. The molecule has 1 aliphatic rings. The van der Waals surface area contributed by atoms with Crippen molar-refractivity contribution in [3.8, 4) is 5.75 Å². The molecule has 8 heteroatoms. The van der Waals surface area contributed by atoms with Crippen LogP contribution in [0.15, 0.2) is 36.8 Å². The molecule has 0 bridgehead atoms. The molecule has 0 aliphatic carbocycles. The first-order chi connectivity index (χ1) is 12.7. The Kier molecular flexibility index (Phi) is 6.25. The maximum atomic E-state index is 12.3. The van der Waals surface area contributed by atoms with Gasteiger partial charge in [-0.1, -0.05) is 11.6 Å². The van der Waals surface area contributed by atoms with Gasteiger partial charge in [0.1, 0.15) is 17.1 Å². The Morgan fingerprint density at radius 1 is 1.23 bits per heavy atom. The van der Waals surface area contributed by atoms with Gasteiger partial charge in [0.15, 0.2) is 5.82 Å². The van der Waals surface area contributed by atoms with Gasteiger partial charge in [-0.3, -0.25) is 9.69 Å². The molecule has 2 aromatic rings. The van der Waals surface area contributed by atoms with Crippen molar-refractivity contribution in [3.63, 3.8) is 0 Å². The van der Waals surface area contributed by atoms with E-state index in [4.69, 9.17) is 16.3 Å². The Bertz CT molecular complexity index is 733. The molecule has 0 radical (unpaired) electrons. The standard InChI is InChI=1S/C18H22ClN5O2/c1-2-26-15-5-3-14(4-6-15)22-17(25)12-23-7-9-24(10-8-23)18-16(19)11-20-13-21-18/h3-6,11,13H,2,7-10,12H2,1H3,(H,22,25). The summed E-state index contributed by atoms with van der Waals surface area (Å²) in [5, 5.41) is 3.47. The molecule has 1 amide bonds. The molecule has 26 heavy (non-hydrogen) atoms. The summed E-state index contributed by atoms with van der Waals surface area (Å²) in [4.78, 5) is 24.6. The summed E-state index contributed by atoms with van der Waals surface area (Å²) in [6, 6.07) is 7.39. The fourth-order valence-corrected chi connectivity index (χ4v) is 3.09. The van der Waals surface area contributed by atoms with Crippen LogP contribution in [0.25, 0.3) is 0 Å². The van der Waals surface area contributed by atoms with E-state index in [-0.39, 0.29) is 5.91 Å². The van der Waals surface area contributed by atoms with Gasteiger partial charge in [-0.15, -0.1) is 0 Å². The lowest BCUT2D eigenvalue weighted by molar-refractivity contribution is -0.117. The number of hydrogen-bond donors (Lipinski definition) is 1. The molecule has 1 aromatic heterocycles. The highest BCUT2D eigenvalue weighted by Gasteiger charge is 2.21. The van der Waals surface area contributed by atoms with Crippen LogP contribution >= 0.6 is 11.6 Å². The molecule has 0 spiro atoms. The Labute approximate surface area is 157 Å². The number of amides is 1. The Hall–Kier alpha value is -2.38. The van der Waals surface area contributed by atoms with E-state index in [0.29, 0.717) is 18.2 Å². The summed E-state index contributed by atoms with van der Waals surface area (Å²) in [6.45, 7) is 6.01. The molecular weight excluding hydrogens is 354 g/mol. The molecule has 3 rings (SSSR count). The first kappa shape index (κ1) is 18.4. The lowest BCUT2D eigenvalue weighted by atomic mass is 10.3. The molecule has 1 aromatic carbocycles. The third-order valence-corrected chi connectivity index (χ3v) is 4.40. The SMILES string of the molecule is CCOc1ccc(NC(=O)CN2CCN(c3ncncc3Cl)CC2)cc1. The lowest BCUT2D eigenvalue weighted by Gasteiger charge is -2.35. The molecule has 138 valence electrons. The van der Waals surface area contributed by atoms with Gasteiger partial charge < -0.3 is 15.0 Å².